The fourth-order valence-corrected chi connectivity index (χ4v) is 2.99. The standard InChI is InChI=1S/C18H20N2O2/c1-2-17(21)19-15-10-18(22)20(12-15)11-14-8-5-7-13-6-3-4-9-16(13)14/h3-9,15H,2,10-12H2,1H3,(H,19,21)/t15-/m1/s1. The van der Waals surface area contributed by atoms with E-state index in [2.05, 4.69) is 29.6 Å². The molecule has 0 unspecified atom stereocenters. The Balaban J connectivity index is 1.75. The van der Waals surface area contributed by atoms with Crippen LogP contribution < -0.4 is 5.32 Å². The van der Waals surface area contributed by atoms with Crippen LogP contribution in [0.5, 0.6) is 0 Å². The van der Waals surface area contributed by atoms with Gasteiger partial charge in [0.1, 0.15) is 0 Å². The van der Waals surface area contributed by atoms with Crippen molar-refractivity contribution in [3.8, 4) is 0 Å². The molecule has 1 aliphatic heterocycles. The van der Waals surface area contributed by atoms with Crippen molar-refractivity contribution in [3.63, 3.8) is 0 Å². The molecule has 0 radical (unpaired) electrons. The Bertz CT molecular complexity index is 706. The van der Waals surface area contributed by atoms with Crippen LogP contribution >= 0.6 is 0 Å². The molecule has 0 bridgehead atoms. The third-order valence-electron chi connectivity index (χ3n) is 4.14. The zero-order chi connectivity index (χ0) is 15.5. The second-order valence-corrected chi connectivity index (χ2v) is 5.73. The van der Waals surface area contributed by atoms with Crippen LogP contribution in [-0.4, -0.2) is 29.3 Å². The lowest BCUT2D eigenvalue weighted by atomic mass is 10.0. The van der Waals surface area contributed by atoms with Crippen molar-refractivity contribution in [2.45, 2.75) is 32.4 Å². The predicted molar refractivity (Wildman–Crippen MR) is 86.2 cm³/mol. The summed E-state index contributed by atoms with van der Waals surface area (Å²) in [6, 6.07) is 14.3. The minimum absolute atomic E-state index is 0.00445. The van der Waals surface area contributed by atoms with E-state index < -0.39 is 0 Å². The molecule has 1 saturated heterocycles. The lowest BCUT2D eigenvalue weighted by molar-refractivity contribution is -0.128. The van der Waals surface area contributed by atoms with E-state index in [1.54, 1.807) is 0 Å². The normalized spacial score (nSPS) is 18.0. The maximum atomic E-state index is 12.2. The number of carbonyl (C=O) groups excluding carboxylic acids is 2. The first-order valence-corrected chi connectivity index (χ1v) is 7.71. The first kappa shape index (κ1) is 14.6. The van der Waals surface area contributed by atoms with Crippen molar-refractivity contribution in [1.29, 1.82) is 0 Å². The second-order valence-electron chi connectivity index (χ2n) is 5.73. The van der Waals surface area contributed by atoms with E-state index in [0.717, 1.165) is 5.56 Å². The third kappa shape index (κ3) is 2.96. The van der Waals surface area contributed by atoms with Crippen LogP contribution in [0.1, 0.15) is 25.3 Å². The molecule has 0 saturated carbocycles. The Morgan fingerprint density at radius 1 is 1.23 bits per heavy atom. The van der Waals surface area contributed by atoms with E-state index in [9.17, 15) is 9.59 Å². The van der Waals surface area contributed by atoms with Crippen molar-refractivity contribution in [1.82, 2.24) is 10.2 Å². The van der Waals surface area contributed by atoms with Crippen LogP contribution in [0.25, 0.3) is 10.8 Å². The van der Waals surface area contributed by atoms with Gasteiger partial charge in [-0.15, -0.1) is 0 Å². The first-order valence-electron chi connectivity index (χ1n) is 7.71. The van der Waals surface area contributed by atoms with Gasteiger partial charge in [0.05, 0.1) is 6.04 Å². The summed E-state index contributed by atoms with van der Waals surface area (Å²) in [5.41, 5.74) is 1.15. The van der Waals surface area contributed by atoms with Crippen molar-refractivity contribution in [3.05, 3.63) is 48.0 Å². The number of nitrogens with one attached hydrogen (secondary N) is 1. The van der Waals surface area contributed by atoms with Crippen LogP contribution in [0.4, 0.5) is 0 Å². The molecule has 114 valence electrons. The number of hydrogen-bond acceptors (Lipinski definition) is 2. The van der Waals surface area contributed by atoms with Gasteiger partial charge in [-0.25, -0.2) is 0 Å². The van der Waals surface area contributed by atoms with Crippen LogP contribution in [0.3, 0.4) is 0 Å². The maximum absolute atomic E-state index is 12.2. The van der Waals surface area contributed by atoms with E-state index >= 15 is 0 Å². The number of hydrogen-bond donors (Lipinski definition) is 1. The van der Waals surface area contributed by atoms with Crippen LogP contribution in [0.2, 0.25) is 0 Å². The molecule has 1 heterocycles. The van der Waals surface area contributed by atoms with Gasteiger partial charge in [0, 0.05) is 25.9 Å². The molecule has 4 heteroatoms. The number of nitrogens with zero attached hydrogens (tertiary/aromatic N) is 1. The molecule has 0 aliphatic carbocycles. The summed E-state index contributed by atoms with van der Waals surface area (Å²) in [4.78, 5) is 25.5. The Morgan fingerprint density at radius 3 is 2.82 bits per heavy atom. The smallest absolute Gasteiger partial charge is 0.225 e. The zero-order valence-electron chi connectivity index (χ0n) is 12.7. The zero-order valence-corrected chi connectivity index (χ0v) is 12.7. The maximum Gasteiger partial charge on any atom is 0.225 e. The van der Waals surface area contributed by atoms with E-state index in [-0.39, 0.29) is 17.9 Å². The minimum Gasteiger partial charge on any atom is -0.351 e. The summed E-state index contributed by atoms with van der Waals surface area (Å²) in [6.45, 7) is 3.01. The number of benzene rings is 2. The highest BCUT2D eigenvalue weighted by Gasteiger charge is 2.30. The van der Waals surface area contributed by atoms with E-state index in [1.165, 1.54) is 10.8 Å². The number of rotatable bonds is 4. The third-order valence-corrected chi connectivity index (χ3v) is 4.14. The summed E-state index contributed by atoms with van der Waals surface area (Å²) in [5.74, 6) is 0.110. The van der Waals surface area contributed by atoms with Crippen LogP contribution in [0, 0.1) is 0 Å². The molecular formula is C18H20N2O2. The number of carbonyl (C=O) groups is 2. The van der Waals surface area contributed by atoms with Gasteiger partial charge in [0.25, 0.3) is 0 Å². The van der Waals surface area contributed by atoms with Gasteiger partial charge in [-0.3, -0.25) is 9.59 Å². The summed E-state index contributed by atoms with van der Waals surface area (Å²) in [7, 11) is 0. The lowest BCUT2D eigenvalue weighted by Gasteiger charge is -2.18. The molecule has 2 aromatic carbocycles. The van der Waals surface area contributed by atoms with Gasteiger partial charge in [-0.1, -0.05) is 49.4 Å². The fraction of sp³-hybridized carbons (Fsp3) is 0.333. The Labute approximate surface area is 130 Å². The highest BCUT2D eigenvalue weighted by atomic mass is 16.2. The molecule has 0 aromatic heterocycles. The van der Waals surface area contributed by atoms with Gasteiger partial charge in [-0.2, -0.15) is 0 Å². The molecule has 1 aliphatic rings. The molecule has 22 heavy (non-hydrogen) atoms. The monoisotopic (exact) mass is 296 g/mol. The summed E-state index contributed by atoms with van der Waals surface area (Å²) in [5, 5.41) is 5.27. The molecule has 2 amide bonds. The predicted octanol–water partition coefficient (Wildman–Crippen LogP) is 2.47. The molecule has 0 spiro atoms. The van der Waals surface area contributed by atoms with E-state index in [1.807, 2.05) is 30.0 Å². The van der Waals surface area contributed by atoms with Gasteiger partial charge in [0.15, 0.2) is 0 Å². The Kier molecular flexibility index (Phi) is 4.09. The van der Waals surface area contributed by atoms with Crippen LogP contribution in [-0.2, 0) is 16.1 Å². The average Bonchev–Trinajstić information content (AvgIpc) is 2.87. The van der Waals surface area contributed by atoms with Crippen molar-refractivity contribution < 1.29 is 9.59 Å². The van der Waals surface area contributed by atoms with Crippen LogP contribution in [0.15, 0.2) is 42.5 Å². The number of fused-ring (bicyclic) bond motifs is 1. The highest BCUT2D eigenvalue weighted by Crippen LogP contribution is 2.22. The molecule has 1 atom stereocenters. The SMILES string of the molecule is CCC(=O)N[C@@H]1CC(=O)N(Cc2cccc3ccccc23)C1. The molecular weight excluding hydrogens is 276 g/mol. The summed E-state index contributed by atoms with van der Waals surface area (Å²) >= 11 is 0. The molecule has 2 aromatic rings. The largest absolute Gasteiger partial charge is 0.351 e. The molecule has 1 fully saturated rings. The van der Waals surface area contributed by atoms with E-state index in [4.69, 9.17) is 0 Å². The van der Waals surface area contributed by atoms with Crippen molar-refractivity contribution in [2.75, 3.05) is 6.54 Å². The van der Waals surface area contributed by atoms with E-state index in [0.29, 0.717) is 25.9 Å². The second kappa shape index (κ2) is 6.18. The summed E-state index contributed by atoms with van der Waals surface area (Å²) in [6.07, 6.45) is 0.852. The Morgan fingerprint density at radius 2 is 2.00 bits per heavy atom. The van der Waals surface area contributed by atoms with Crippen molar-refractivity contribution >= 4 is 22.6 Å². The van der Waals surface area contributed by atoms with Crippen molar-refractivity contribution in [2.24, 2.45) is 0 Å². The summed E-state index contributed by atoms with van der Waals surface area (Å²) < 4.78 is 0. The molecule has 3 rings (SSSR count). The van der Waals surface area contributed by atoms with Gasteiger partial charge < -0.3 is 10.2 Å². The molecule has 4 nitrogen and oxygen atoms in total. The average molecular weight is 296 g/mol. The van der Waals surface area contributed by atoms with Gasteiger partial charge in [-0.05, 0) is 16.3 Å². The minimum atomic E-state index is -0.0603. The number of amides is 2. The topological polar surface area (TPSA) is 49.4 Å². The fourth-order valence-electron chi connectivity index (χ4n) is 2.99. The quantitative estimate of drug-likeness (QED) is 0.942. The number of likely N-dealkylation sites (tertiary alicyclic amines) is 1. The first-order chi connectivity index (χ1) is 10.7. The molecule has 1 N–H and O–H groups in total. The Hall–Kier alpha value is -2.36. The lowest BCUT2D eigenvalue weighted by Crippen LogP contribution is -2.36. The highest BCUT2D eigenvalue weighted by molar-refractivity contribution is 5.87. The van der Waals surface area contributed by atoms with Gasteiger partial charge in [0.2, 0.25) is 11.8 Å². The van der Waals surface area contributed by atoms with Gasteiger partial charge >= 0.3 is 0 Å².